The van der Waals surface area contributed by atoms with Gasteiger partial charge in [0.15, 0.2) is 0 Å². The second kappa shape index (κ2) is 5.07. The summed E-state index contributed by atoms with van der Waals surface area (Å²) in [6.07, 6.45) is -2.05. The van der Waals surface area contributed by atoms with E-state index in [9.17, 15) is 9.90 Å². The van der Waals surface area contributed by atoms with Gasteiger partial charge < -0.3 is 25.0 Å². The van der Waals surface area contributed by atoms with E-state index in [1.165, 1.54) is 0 Å². The summed E-state index contributed by atoms with van der Waals surface area (Å²) in [5, 5.41) is 20.5. The molecule has 19 heavy (non-hydrogen) atoms. The molecule has 0 fully saturated rings. The summed E-state index contributed by atoms with van der Waals surface area (Å²) in [7, 11) is 0. The summed E-state index contributed by atoms with van der Waals surface area (Å²) in [5.41, 5.74) is 1.46. The highest BCUT2D eigenvalue weighted by molar-refractivity contribution is 5.64. The molecule has 104 valence electrons. The molecule has 0 spiro atoms. The molecule has 6 nitrogen and oxygen atoms in total. The fraction of sp³-hybridized carbons (Fsp3) is 0.462. The van der Waals surface area contributed by atoms with Gasteiger partial charge in [0.05, 0.1) is 19.3 Å². The van der Waals surface area contributed by atoms with E-state index in [0.29, 0.717) is 12.2 Å². The molecular formula is C13H17NO5. The number of amides is 1. The Morgan fingerprint density at radius 1 is 1.53 bits per heavy atom. The van der Waals surface area contributed by atoms with Crippen LogP contribution in [0.5, 0.6) is 5.75 Å². The molecule has 1 aromatic rings. The van der Waals surface area contributed by atoms with Gasteiger partial charge in [0.25, 0.3) is 0 Å². The Labute approximate surface area is 111 Å². The second-order valence-electron chi connectivity index (χ2n) is 4.86. The molecule has 1 atom stereocenters. The van der Waals surface area contributed by atoms with Crippen molar-refractivity contribution < 1.29 is 24.5 Å². The zero-order valence-electron chi connectivity index (χ0n) is 10.8. The van der Waals surface area contributed by atoms with E-state index in [1.807, 2.05) is 13.8 Å². The van der Waals surface area contributed by atoms with Crippen molar-refractivity contribution in [1.29, 1.82) is 0 Å². The summed E-state index contributed by atoms with van der Waals surface area (Å²) in [5.74, 6) is 0.0660. The third-order valence-electron chi connectivity index (χ3n) is 2.85. The number of nitrogens with one attached hydrogen (secondary N) is 1. The minimum Gasteiger partial charge on any atom is -0.465 e. The highest BCUT2D eigenvalue weighted by atomic mass is 16.7. The number of aliphatic hydroxyl groups excluding tert-OH is 1. The number of benzene rings is 1. The van der Waals surface area contributed by atoms with Gasteiger partial charge in [0.2, 0.25) is 5.79 Å². The average molecular weight is 267 g/mol. The molecule has 1 aromatic carbocycles. The number of hydrogen-bond donors (Lipinski definition) is 3. The Morgan fingerprint density at radius 3 is 2.95 bits per heavy atom. The SMILES string of the molecule is CC1(C)OCc2cc([C@@H](O)CNC(=O)O)ccc2O1. The van der Waals surface area contributed by atoms with Gasteiger partial charge in [0, 0.05) is 19.4 Å². The minimum atomic E-state index is -1.16. The molecular weight excluding hydrogens is 250 g/mol. The monoisotopic (exact) mass is 267 g/mol. The van der Waals surface area contributed by atoms with Crippen LogP contribution in [0.25, 0.3) is 0 Å². The highest BCUT2D eigenvalue weighted by Crippen LogP contribution is 2.32. The molecule has 0 aromatic heterocycles. The van der Waals surface area contributed by atoms with Crippen LogP contribution >= 0.6 is 0 Å². The number of rotatable bonds is 3. The molecule has 0 saturated carbocycles. The smallest absolute Gasteiger partial charge is 0.404 e. The second-order valence-corrected chi connectivity index (χ2v) is 4.86. The van der Waals surface area contributed by atoms with E-state index in [0.717, 1.165) is 11.3 Å². The van der Waals surface area contributed by atoms with Gasteiger partial charge in [-0.15, -0.1) is 0 Å². The first-order valence-electron chi connectivity index (χ1n) is 5.98. The van der Waals surface area contributed by atoms with Crippen molar-refractivity contribution in [3.05, 3.63) is 29.3 Å². The molecule has 0 unspecified atom stereocenters. The van der Waals surface area contributed by atoms with Crippen molar-refractivity contribution in [3.8, 4) is 5.75 Å². The molecule has 1 amide bonds. The normalized spacial score (nSPS) is 18.1. The summed E-state index contributed by atoms with van der Waals surface area (Å²) in [4.78, 5) is 10.4. The van der Waals surface area contributed by atoms with Crippen molar-refractivity contribution in [2.24, 2.45) is 0 Å². The molecule has 6 heteroatoms. The van der Waals surface area contributed by atoms with Crippen LogP contribution in [0.4, 0.5) is 4.79 Å². The topological polar surface area (TPSA) is 88.0 Å². The van der Waals surface area contributed by atoms with Crippen LogP contribution in [-0.4, -0.2) is 28.6 Å². The largest absolute Gasteiger partial charge is 0.465 e. The number of hydrogen-bond acceptors (Lipinski definition) is 4. The maximum atomic E-state index is 10.4. The first-order valence-corrected chi connectivity index (χ1v) is 5.98. The first-order chi connectivity index (χ1) is 8.87. The third-order valence-corrected chi connectivity index (χ3v) is 2.85. The van der Waals surface area contributed by atoms with Crippen molar-refractivity contribution >= 4 is 6.09 Å². The van der Waals surface area contributed by atoms with E-state index in [2.05, 4.69) is 5.32 Å². The number of aliphatic hydroxyl groups is 1. The Bertz CT molecular complexity index is 486. The van der Waals surface area contributed by atoms with E-state index >= 15 is 0 Å². The van der Waals surface area contributed by atoms with Crippen LogP contribution in [0, 0.1) is 0 Å². The van der Waals surface area contributed by atoms with Crippen LogP contribution in [-0.2, 0) is 11.3 Å². The Morgan fingerprint density at radius 2 is 2.26 bits per heavy atom. The predicted octanol–water partition coefficient (Wildman–Crippen LogP) is 1.63. The standard InChI is InChI=1S/C13H17NO5/c1-13(2)18-7-9-5-8(3-4-11(9)19-13)10(15)6-14-12(16)17/h3-5,10,14-15H,6-7H2,1-2H3,(H,16,17)/t10-/m0/s1. The van der Waals surface area contributed by atoms with Crippen molar-refractivity contribution in [2.75, 3.05) is 6.54 Å². The zero-order valence-corrected chi connectivity index (χ0v) is 10.8. The summed E-state index contributed by atoms with van der Waals surface area (Å²) < 4.78 is 11.1. The van der Waals surface area contributed by atoms with Crippen molar-refractivity contribution in [2.45, 2.75) is 32.3 Å². The lowest BCUT2D eigenvalue weighted by Gasteiger charge is -2.32. The maximum absolute atomic E-state index is 10.4. The number of carboxylic acid groups (broad SMARTS) is 1. The molecule has 0 saturated heterocycles. The lowest BCUT2D eigenvalue weighted by Crippen LogP contribution is -2.35. The van der Waals surface area contributed by atoms with Gasteiger partial charge in [-0.05, 0) is 17.7 Å². The summed E-state index contributed by atoms with van der Waals surface area (Å²) >= 11 is 0. The van der Waals surface area contributed by atoms with E-state index < -0.39 is 18.0 Å². The molecule has 1 aliphatic heterocycles. The zero-order chi connectivity index (χ0) is 14.0. The van der Waals surface area contributed by atoms with Gasteiger partial charge in [0.1, 0.15) is 5.75 Å². The average Bonchev–Trinajstić information content (AvgIpc) is 2.34. The van der Waals surface area contributed by atoms with Gasteiger partial charge in [-0.2, -0.15) is 0 Å². The number of ether oxygens (including phenoxy) is 2. The lowest BCUT2D eigenvalue weighted by molar-refractivity contribution is -0.180. The number of carbonyl (C=O) groups is 1. The van der Waals surface area contributed by atoms with Crippen LogP contribution in [0.3, 0.4) is 0 Å². The quantitative estimate of drug-likeness (QED) is 0.774. The van der Waals surface area contributed by atoms with Crippen LogP contribution in [0.1, 0.15) is 31.1 Å². The molecule has 1 heterocycles. The molecule has 0 bridgehead atoms. The van der Waals surface area contributed by atoms with Crippen LogP contribution in [0.2, 0.25) is 0 Å². The minimum absolute atomic E-state index is 0.0542. The van der Waals surface area contributed by atoms with E-state index in [-0.39, 0.29) is 6.54 Å². The highest BCUT2D eigenvalue weighted by Gasteiger charge is 2.27. The van der Waals surface area contributed by atoms with Crippen LogP contribution in [0.15, 0.2) is 18.2 Å². The Balaban J connectivity index is 2.11. The van der Waals surface area contributed by atoms with Gasteiger partial charge in [-0.1, -0.05) is 6.07 Å². The third kappa shape index (κ3) is 3.36. The number of fused-ring (bicyclic) bond motifs is 1. The van der Waals surface area contributed by atoms with Crippen molar-refractivity contribution in [3.63, 3.8) is 0 Å². The van der Waals surface area contributed by atoms with Gasteiger partial charge >= 0.3 is 6.09 Å². The first kappa shape index (κ1) is 13.6. The Hall–Kier alpha value is -1.79. The fourth-order valence-corrected chi connectivity index (χ4v) is 1.87. The molecule has 0 radical (unpaired) electrons. The van der Waals surface area contributed by atoms with E-state index in [4.69, 9.17) is 14.6 Å². The molecule has 3 N–H and O–H groups in total. The molecule has 0 aliphatic carbocycles. The van der Waals surface area contributed by atoms with Crippen LogP contribution < -0.4 is 10.1 Å². The summed E-state index contributed by atoms with van der Waals surface area (Å²) in [6.45, 7) is 4.00. The van der Waals surface area contributed by atoms with E-state index in [1.54, 1.807) is 18.2 Å². The van der Waals surface area contributed by atoms with Crippen molar-refractivity contribution in [1.82, 2.24) is 5.32 Å². The van der Waals surface area contributed by atoms with Gasteiger partial charge in [-0.25, -0.2) is 4.79 Å². The Kier molecular flexibility index (Phi) is 3.64. The fourth-order valence-electron chi connectivity index (χ4n) is 1.87. The summed E-state index contributed by atoms with van der Waals surface area (Å²) in [6, 6.07) is 5.24. The molecule has 2 rings (SSSR count). The van der Waals surface area contributed by atoms with Gasteiger partial charge in [-0.3, -0.25) is 0 Å². The predicted molar refractivity (Wildman–Crippen MR) is 66.9 cm³/mol. The molecule has 1 aliphatic rings. The lowest BCUT2D eigenvalue weighted by atomic mass is 10.0. The maximum Gasteiger partial charge on any atom is 0.404 e.